The minimum atomic E-state index is -4.67. The zero-order chi connectivity index (χ0) is 21.2. The van der Waals surface area contributed by atoms with E-state index in [-0.39, 0.29) is 16.9 Å². The van der Waals surface area contributed by atoms with Crippen molar-refractivity contribution in [3.8, 4) is 11.8 Å². The Hall–Kier alpha value is -2.92. The van der Waals surface area contributed by atoms with Gasteiger partial charge < -0.3 is 10.2 Å². The van der Waals surface area contributed by atoms with Crippen molar-refractivity contribution in [1.82, 2.24) is 14.7 Å². The second-order valence-electron chi connectivity index (χ2n) is 5.52. The molecule has 12 heteroatoms. The Bertz CT molecular complexity index is 928. The van der Waals surface area contributed by atoms with Gasteiger partial charge in [0, 0.05) is 24.3 Å². The summed E-state index contributed by atoms with van der Waals surface area (Å²) in [5.74, 6) is -1.64. The summed E-state index contributed by atoms with van der Waals surface area (Å²) in [6, 6.07) is 1.69. The Labute approximate surface area is 162 Å². The van der Waals surface area contributed by atoms with E-state index >= 15 is 0 Å². The second-order valence-corrected chi connectivity index (χ2v) is 5.88. The Morgan fingerprint density at radius 3 is 2.54 bits per heavy atom. The van der Waals surface area contributed by atoms with Crippen molar-refractivity contribution in [1.29, 1.82) is 0 Å². The number of aromatic hydroxyl groups is 2. The number of alkyl halides is 3. The summed E-state index contributed by atoms with van der Waals surface area (Å²) in [5, 5.41) is 20.6. The molecule has 0 aliphatic heterocycles. The molecule has 2 aromatic rings. The Balaban J connectivity index is 2.35. The summed E-state index contributed by atoms with van der Waals surface area (Å²) >= 11 is 5.55. The highest BCUT2D eigenvalue weighted by atomic mass is 35.5. The van der Waals surface area contributed by atoms with Gasteiger partial charge in [0.1, 0.15) is 11.0 Å². The highest BCUT2D eigenvalue weighted by Crippen LogP contribution is 2.36. The standard InChI is InChI=1S/C16H16ClF3N4O4/c1-8-9(4-7-12(25)23(2)28-3)15(27)24(14(8)26)22-11-6-5-10(13(17)21-11)16(18,19)20/h4-7,26-27H,1-3H3,(H,21,22)/b7-4+. The van der Waals surface area contributed by atoms with Crippen LogP contribution in [0.1, 0.15) is 16.7 Å². The van der Waals surface area contributed by atoms with Gasteiger partial charge in [0.2, 0.25) is 11.8 Å². The molecular weight excluding hydrogens is 405 g/mol. The number of carbonyl (C=O) groups excluding carboxylic acids is 1. The van der Waals surface area contributed by atoms with Gasteiger partial charge in [-0.15, -0.1) is 0 Å². The van der Waals surface area contributed by atoms with Crippen LogP contribution < -0.4 is 5.43 Å². The maximum atomic E-state index is 12.7. The number of nitrogens with one attached hydrogen (secondary N) is 1. The van der Waals surface area contributed by atoms with Gasteiger partial charge in [-0.1, -0.05) is 11.6 Å². The topological polar surface area (TPSA) is 99.8 Å². The maximum absolute atomic E-state index is 12.7. The number of hydrogen-bond acceptors (Lipinski definition) is 6. The lowest BCUT2D eigenvalue weighted by molar-refractivity contribution is -0.162. The molecule has 0 aliphatic rings. The van der Waals surface area contributed by atoms with E-state index in [1.165, 1.54) is 27.2 Å². The summed E-state index contributed by atoms with van der Waals surface area (Å²) in [7, 11) is 2.67. The molecule has 1 amide bonds. The van der Waals surface area contributed by atoms with Crippen molar-refractivity contribution in [2.45, 2.75) is 13.1 Å². The molecule has 0 saturated heterocycles. The van der Waals surface area contributed by atoms with E-state index in [2.05, 4.69) is 10.4 Å². The summed E-state index contributed by atoms with van der Waals surface area (Å²) in [5.41, 5.74) is 1.62. The van der Waals surface area contributed by atoms with Gasteiger partial charge in [-0.25, -0.2) is 10.0 Å². The molecule has 3 N–H and O–H groups in total. The van der Waals surface area contributed by atoms with Crippen molar-refractivity contribution in [3.63, 3.8) is 0 Å². The lowest BCUT2D eigenvalue weighted by atomic mass is 10.2. The number of halogens is 4. The highest BCUT2D eigenvalue weighted by molar-refractivity contribution is 6.30. The molecule has 0 unspecified atom stereocenters. The van der Waals surface area contributed by atoms with Gasteiger partial charge in [0.25, 0.3) is 5.91 Å². The van der Waals surface area contributed by atoms with Crippen molar-refractivity contribution >= 4 is 29.4 Å². The first kappa shape index (κ1) is 21.4. The molecule has 2 rings (SSSR count). The molecule has 152 valence electrons. The summed E-state index contributed by atoms with van der Waals surface area (Å²) in [6.07, 6.45) is -2.33. The van der Waals surface area contributed by atoms with E-state index in [1.807, 2.05) is 0 Å². The van der Waals surface area contributed by atoms with Crippen LogP contribution in [0, 0.1) is 6.92 Å². The third-order valence-electron chi connectivity index (χ3n) is 3.76. The SMILES string of the molecule is CON(C)C(=O)/C=C/c1c(C)c(O)n(Nc2ccc(C(F)(F)F)c(Cl)n2)c1O. The number of anilines is 1. The molecule has 0 aliphatic carbocycles. The third kappa shape index (κ3) is 4.31. The van der Waals surface area contributed by atoms with E-state index in [4.69, 9.17) is 16.4 Å². The largest absolute Gasteiger partial charge is 0.493 e. The molecule has 0 atom stereocenters. The molecule has 2 heterocycles. The average Bonchev–Trinajstić information content (AvgIpc) is 2.81. The fourth-order valence-corrected chi connectivity index (χ4v) is 2.42. The number of pyridine rings is 1. The van der Waals surface area contributed by atoms with E-state index in [1.54, 1.807) is 0 Å². The number of hydroxylamine groups is 2. The number of likely N-dealkylation sites (N-methyl/N-ethyl adjacent to an activating group) is 1. The predicted molar refractivity (Wildman–Crippen MR) is 94.6 cm³/mol. The molecular formula is C16H16ClF3N4O4. The van der Waals surface area contributed by atoms with E-state index < -0.39 is 34.6 Å². The summed E-state index contributed by atoms with van der Waals surface area (Å²) in [4.78, 5) is 20.0. The molecule has 0 bridgehead atoms. The number of rotatable bonds is 5. The van der Waals surface area contributed by atoms with Crippen LogP contribution in [0.15, 0.2) is 18.2 Å². The fourth-order valence-electron chi connectivity index (χ4n) is 2.15. The molecule has 2 aromatic heterocycles. The van der Waals surface area contributed by atoms with Crippen molar-refractivity contribution in [2.75, 3.05) is 19.6 Å². The monoisotopic (exact) mass is 420 g/mol. The van der Waals surface area contributed by atoms with Gasteiger partial charge in [-0.3, -0.25) is 15.1 Å². The molecule has 0 saturated carbocycles. The molecule has 8 nitrogen and oxygen atoms in total. The summed E-state index contributed by atoms with van der Waals surface area (Å²) < 4.78 is 39.0. The quantitative estimate of drug-likeness (QED) is 0.390. The summed E-state index contributed by atoms with van der Waals surface area (Å²) in [6.45, 7) is 1.46. The van der Waals surface area contributed by atoms with Crippen LogP contribution >= 0.6 is 11.6 Å². The number of carbonyl (C=O) groups is 1. The Morgan fingerprint density at radius 1 is 1.36 bits per heavy atom. The minimum Gasteiger partial charge on any atom is -0.493 e. The van der Waals surface area contributed by atoms with Crippen molar-refractivity contribution in [2.24, 2.45) is 0 Å². The van der Waals surface area contributed by atoms with Crippen LogP contribution in [0.4, 0.5) is 19.0 Å². The van der Waals surface area contributed by atoms with Gasteiger partial charge >= 0.3 is 6.18 Å². The third-order valence-corrected chi connectivity index (χ3v) is 4.05. The van der Waals surface area contributed by atoms with Crippen LogP contribution in [0.25, 0.3) is 6.08 Å². The van der Waals surface area contributed by atoms with Gasteiger partial charge in [0.05, 0.1) is 12.7 Å². The van der Waals surface area contributed by atoms with Crippen LogP contribution in [-0.2, 0) is 15.8 Å². The van der Waals surface area contributed by atoms with Gasteiger partial charge in [0.15, 0.2) is 0 Å². The van der Waals surface area contributed by atoms with Gasteiger partial charge in [-0.05, 0) is 25.1 Å². The predicted octanol–water partition coefficient (Wildman–Crippen LogP) is 3.18. The zero-order valence-corrected chi connectivity index (χ0v) is 15.6. The Morgan fingerprint density at radius 2 is 2.00 bits per heavy atom. The molecule has 0 aromatic carbocycles. The lowest BCUT2D eigenvalue weighted by Crippen LogP contribution is -2.22. The average molecular weight is 421 g/mol. The Kier molecular flexibility index (Phi) is 6.10. The first-order chi connectivity index (χ1) is 13.0. The van der Waals surface area contributed by atoms with Crippen LogP contribution in [-0.4, -0.2) is 45.0 Å². The van der Waals surface area contributed by atoms with Crippen molar-refractivity contribution < 1.29 is 33.0 Å². The van der Waals surface area contributed by atoms with Crippen LogP contribution in [0.3, 0.4) is 0 Å². The van der Waals surface area contributed by atoms with Crippen LogP contribution in [0.2, 0.25) is 5.15 Å². The molecule has 0 spiro atoms. The lowest BCUT2D eigenvalue weighted by Gasteiger charge is -2.12. The zero-order valence-electron chi connectivity index (χ0n) is 14.9. The van der Waals surface area contributed by atoms with Crippen LogP contribution in [0.5, 0.6) is 11.8 Å². The number of aromatic nitrogens is 2. The maximum Gasteiger partial charge on any atom is 0.419 e. The van der Waals surface area contributed by atoms with Crippen molar-refractivity contribution in [3.05, 3.63) is 40.1 Å². The molecule has 0 fully saturated rings. The molecule has 0 radical (unpaired) electrons. The fraction of sp³-hybridized carbons (Fsp3) is 0.250. The first-order valence-electron chi connectivity index (χ1n) is 7.61. The number of hydrogen-bond donors (Lipinski definition) is 3. The smallest absolute Gasteiger partial charge is 0.419 e. The second kappa shape index (κ2) is 7.98. The van der Waals surface area contributed by atoms with Gasteiger partial charge in [-0.2, -0.15) is 17.8 Å². The number of amides is 1. The minimum absolute atomic E-state index is 0.0980. The van der Waals surface area contributed by atoms with E-state index in [0.717, 1.165) is 21.9 Å². The first-order valence-corrected chi connectivity index (χ1v) is 7.99. The normalized spacial score (nSPS) is 11.8. The van der Waals surface area contributed by atoms with E-state index in [0.29, 0.717) is 6.07 Å². The number of nitrogens with zero attached hydrogens (tertiary/aromatic N) is 3. The van der Waals surface area contributed by atoms with E-state index in [9.17, 15) is 28.2 Å². The molecule has 28 heavy (non-hydrogen) atoms. The highest BCUT2D eigenvalue weighted by Gasteiger charge is 2.34.